The predicted molar refractivity (Wildman–Crippen MR) is 146 cm³/mol. The van der Waals surface area contributed by atoms with Crippen molar-refractivity contribution in [2.24, 2.45) is 0 Å². The van der Waals surface area contributed by atoms with Crippen LogP contribution in [0, 0.1) is 0 Å². The molecule has 0 atom stereocenters. The Morgan fingerprint density at radius 2 is 1.54 bits per heavy atom. The van der Waals surface area contributed by atoms with Crippen molar-refractivity contribution in [3.63, 3.8) is 0 Å². The van der Waals surface area contributed by atoms with Crippen LogP contribution in [-0.4, -0.2) is 31.1 Å². The zero-order valence-electron chi connectivity index (χ0n) is 21.5. The number of methoxy groups -OCH3 is 1. The lowest BCUT2D eigenvalue weighted by Gasteiger charge is -2.23. The highest BCUT2D eigenvalue weighted by molar-refractivity contribution is 6.09. The Hall–Kier alpha value is -4.59. The highest BCUT2D eigenvalue weighted by atomic mass is 16.5. The minimum absolute atomic E-state index is 0.261. The quantitative estimate of drug-likeness (QED) is 0.288. The number of benzene rings is 3. The zero-order valence-corrected chi connectivity index (χ0v) is 21.5. The van der Waals surface area contributed by atoms with Gasteiger partial charge in [-0.2, -0.15) is 0 Å². The van der Waals surface area contributed by atoms with Gasteiger partial charge in [0.25, 0.3) is 5.91 Å². The van der Waals surface area contributed by atoms with Gasteiger partial charge in [-0.15, -0.1) is 0 Å². The molecular formula is C29H30N4O4. The van der Waals surface area contributed by atoms with E-state index in [1.807, 2.05) is 57.2 Å². The number of nitrogens with one attached hydrogen (secondary N) is 3. The predicted octanol–water partition coefficient (Wildman–Crippen LogP) is 6.34. The molecule has 4 aromatic rings. The van der Waals surface area contributed by atoms with E-state index in [1.165, 1.54) is 7.11 Å². The number of aromatic nitrogens is 1. The Morgan fingerprint density at radius 1 is 0.865 bits per heavy atom. The van der Waals surface area contributed by atoms with E-state index < -0.39 is 6.03 Å². The van der Waals surface area contributed by atoms with Crippen molar-refractivity contribution in [1.82, 2.24) is 10.3 Å². The fourth-order valence-corrected chi connectivity index (χ4v) is 3.96. The van der Waals surface area contributed by atoms with E-state index in [0.29, 0.717) is 28.4 Å². The normalized spacial score (nSPS) is 11.1. The van der Waals surface area contributed by atoms with Gasteiger partial charge in [-0.25, -0.2) is 4.79 Å². The minimum atomic E-state index is -0.472. The first-order valence-electron chi connectivity index (χ1n) is 11.8. The van der Waals surface area contributed by atoms with Crippen molar-refractivity contribution in [3.8, 4) is 17.2 Å². The molecule has 0 aliphatic rings. The smallest absolute Gasteiger partial charge is 0.323 e. The number of carbonyl (C=O) groups excluding carboxylic acids is 2. The molecule has 3 amide bonds. The Balaban J connectivity index is 1.66. The number of urea groups is 1. The molecule has 0 fully saturated rings. The summed E-state index contributed by atoms with van der Waals surface area (Å²) in [6, 6.07) is 17.9. The van der Waals surface area contributed by atoms with Gasteiger partial charge in [0.1, 0.15) is 11.5 Å². The number of nitrogens with zero attached hydrogens (tertiary/aromatic N) is 1. The van der Waals surface area contributed by atoms with Gasteiger partial charge < -0.3 is 25.4 Å². The highest BCUT2D eigenvalue weighted by Gasteiger charge is 2.23. The van der Waals surface area contributed by atoms with Crippen molar-refractivity contribution in [1.29, 1.82) is 0 Å². The average molecular weight is 499 g/mol. The van der Waals surface area contributed by atoms with Crippen LogP contribution < -0.4 is 25.4 Å². The van der Waals surface area contributed by atoms with Crippen LogP contribution in [0.3, 0.4) is 0 Å². The van der Waals surface area contributed by atoms with Crippen LogP contribution in [0.2, 0.25) is 0 Å². The molecule has 190 valence electrons. The molecule has 3 aromatic carbocycles. The summed E-state index contributed by atoms with van der Waals surface area (Å²) in [5, 5.41) is 10.1. The molecule has 3 N–H and O–H groups in total. The van der Waals surface area contributed by atoms with Gasteiger partial charge in [0.15, 0.2) is 5.75 Å². The summed E-state index contributed by atoms with van der Waals surface area (Å²) in [7, 11) is 3.02. The summed E-state index contributed by atoms with van der Waals surface area (Å²) < 4.78 is 11.6. The lowest BCUT2D eigenvalue weighted by atomic mass is 9.85. The van der Waals surface area contributed by atoms with Crippen molar-refractivity contribution in [3.05, 3.63) is 84.2 Å². The molecule has 8 heteroatoms. The van der Waals surface area contributed by atoms with Gasteiger partial charge in [-0.05, 0) is 47.4 Å². The van der Waals surface area contributed by atoms with E-state index in [2.05, 4.69) is 20.9 Å². The SMILES string of the molecule is CNC(=O)c1cc(C(C)(C)C)cc(NC(=O)Nc2ccc(Oc3ccncc3)c3ccccc23)c1OC. The molecule has 0 aliphatic carbocycles. The summed E-state index contributed by atoms with van der Waals surface area (Å²) in [6.07, 6.45) is 3.33. The number of ether oxygens (including phenoxy) is 2. The fraction of sp³-hybridized carbons (Fsp3) is 0.207. The van der Waals surface area contributed by atoms with Crippen molar-refractivity contribution in [2.45, 2.75) is 26.2 Å². The van der Waals surface area contributed by atoms with Gasteiger partial charge in [0.05, 0.1) is 24.0 Å². The van der Waals surface area contributed by atoms with Crippen LogP contribution in [0.5, 0.6) is 17.2 Å². The standard InChI is InChI=1S/C29H30N4O4/c1-29(2,3)18-16-22(27(34)30-4)26(36-5)24(17-18)33-28(35)32-23-10-11-25(21-9-7-6-8-20(21)23)37-19-12-14-31-15-13-19/h6-17H,1-5H3,(H,30,34)(H2,32,33,35). The highest BCUT2D eigenvalue weighted by Crippen LogP contribution is 2.37. The number of anilines is 2. The van der Waals surface area contributed by atoms with Crippen LogP contribution in [-0.2, 0) is 5.41 Å². The Kier molecular flexibility index (Phi) is 7.29. The van der Waals surface area contributed by atoms with Crippen molar-refractivity contribution in [2.75, 3.05) is 24.8 Å². The number of hydrogen-bond donors (Lipinski definition) is 3. The summed E-state index contributed by atoms with van der Waals surface area (Å²) in [6.45, 7) is 6.11. The van der Waals surface area contributed by atoms with E-state index in [-0.39, 0.29) is 17.1 Å². The van der Waals surface area contributed by atoms with Gasteiger partial charge in [-0.1, -0.05) is 45.0 Å². The summed E-state index contributed by atoms with van der Waals surface area (Å²) in [5.41, 5.74) is 1.96. The number of carbonyl (C=O) groups is 2. The molecule has 37 heavy (non-hydrogen) atoms. The van der Waals surface area contributed by atoms with Crippen molar-refractivity contribution < 1.29 is 19.1 Å². The zero-order chi connectivity index (χ0) is 26.6. The minimum Gasteiger partial charge on any atom is -0.494 e. The van der Waals surface area contributed by atoms with Gasteiger partial charge >= 0.3 is 6.03 Å². The lowest BCUT2D eigenvalue weighted by molar-refractivity contribution is 0.0960. The maximum absolute atomic E-state index is 13.2. The molecule has 0 radical (unpaired) electrons. The van der Waals surface area contributed by atoms with E-state index >= 15 is 0 Å². The second-order valence-electron chi connectivity index (χ2n) is 9.45. The van der Waals surface area contributed by atoms with Gasteiger partial charge in [0.2, 0.25) is 0 Å². The van der Waals surface area contributed by atoms with Crippen LogP contribution in [0.25, 0.3) is 10.8 Å². The third-order valence-electron chi connectivity index (χ3n) is 5.89. The summed E-state index contributed by atoms with van der Waals surface area (Å²) in [5.74, 6) is 1.30. The fourth-order valence-electron chi connectivity index (χ4n) is 3.96. The largest absolute Gasteiger partial charge is 0.494 e. The molecule has 8 nitrogen and oxygen atoms in total. The topological polar surface area (TPSA) is 102 Å². The van der Waals surface area contributed by atoms with Gasteiger partial charge in [0, 0.05) is 30.2 Å². The molecule has 1 heterocycles. The number of rotatable bonds is 6. The Morgan fingerprint density at radius 3 is 2.19 bits per heavy atom. The van der Waals surface area contributed by atoms with Crippen molar-refractivity contribution >= 4 is 34.1 Å². The van der Waals surface area contributed by atoms with Crippen LogP contribution in [0.4, 0.5) is 16.2 Å². The van der Waals surface area contributed by atoms with E-state index in [1.54, 1.807) is 43.7 Å². The van der Waals surface area contributed by atoms with E-state index in [4.69, 9.17) is 9.47 Å². The number of amides is 3. The Bertz CT molecular complexity index is 1450. The Labute approximate surface area is 216 Å². The molecule has 0 aliphatic heterocycles. The maximum atomic E-state index is 13.2. The third-order valence-corrected chi connectivity index (χ3v) is 5.89. The van der Waals surface area contributed by atoms with E-state index in [9.17, 15) is 9.59 Å². The van der Waals surface area contributed by atoms with E-state index in [0.717, 1.165) is 16.3 Å². The number of hydrogen-bond acceptors (Lipinski definition) is 5. The monoisotopic (exact) mass is 498 g/mol. The molecule has 4 rings (SSSR count). The third kappa shape index (κ3) is 5.64. The number of fused-ring (bicyclic) bond motifs is 1. The van der Waals surface area contributed by atoms with Crippen LogP contribution in [0.15, 0.2) is 73.1 Å². The maximum Gasteiger partial charge on any atom is 0.323 e. The molecule has 0 saturated carbocycles. The molecule has 0 saturated heterocycles. The molecular weight excluding hydrogens is 468 g/mol. The first-order valence-corrected chi connectivity index (χ1v) is 11.8. The first kappa shape index (κ1) is 25.5. The summed E-state index contributed by atoms with van der Waals surface area (Å²) >= 11 is 0. The summed E-state index contributed by atoms with van der Waals surface area (Å²) in [4.78, 5) is 29.8. The first-order chi connectivity index (χ1) is 17.7. The average Bonchev–Trinajstić information content (AvgIpc) is 2.89. The van der Waals surface area contributed by atoms with Crippen LogP contribution in [0.1, 0.15) is 36.7 Å². The van der Waals surface area contributed by atoms with Gasteiger partial charge in [-0.3, -0.25) is 9.78 Å². The molecule has 0 unspecified atom stereocenters. The molecule has 0 bridgehead atoms. The molecule has 1 aromatic heterocycles. The van der Waals surface area contributed by atoms with Crippen LogP contribution >= 0.6 is 0 Å². The second-order valence-corrected chi connectivity index (χ2v) is 9.45. The second kappa shape index (κ2) is 10.6. The molecule has 0 spiro atoms. The number of pyridine rings is 1. The lowest BCUT2D eigenvalue weighted by Crippen LogP contribution is -2.24.